The standard InChI is InChI=1S/C14H24N4/c1-11(15)13-10-16-14(17-12(13)2)18-8-6-4-3-5-7-9-18/h10-11H,3-9,15H2,1-2H3. The van der Waals surface area contributed by atoms with Crippen LogP contribution < -0.4 is 10.6 Å². The predicted molar refractivity (Wildman–Crippen MR) is 74.7 cm³/mol. The molecule has 2 rings (SSSR count). The number of nitrogens with two attached hydrogens (primary N) is 1. The smallest absolute Gasteiger partial charge is 0.225 e. The van der Waals surface area contributed by atoms with Crippen LogP contribution in [0.1, 0.15) is 56.3 Å². The quantitative estimate of drug-likeness (QED) is 0.874. The molecular formula is C14H24N4. The summed E-state index contributed by atoms with van der Waals surface area (Å²) in [6, 6.07) is 0.00591. The first kappa shape index (κ1) is 13.3. The zero-order valence-corrected chi connectivity index (χ0v) is 11.5. The lowest BCUT2D eigenvalue weighted by Gasteiger charge is -2.25. The molecule has 0 spiro atoms. The Morgan fingerprint density at radius 2 is 1.78 bits per heavy atom. The molecule has 0 bridgehead atoms. The highest BCUT2D eigenvalue weighted by Gasteiger charge is 2.13. The second-order valence-corrected chi connectivity index (χ2v) is 5.25. The maximum absolute atomic E-state index is 5.90. The highest BCUT2D eigenvalue weighted by molar-refractivity contribution is 5.33. The van der Waals surface area contributed by atoms with Crippen molar-refractivity contribution in [2.45, 2.75) is 52.0 Å². The zero-order chi connectivity index (χ0) is 13.0. The van der Waals surface area contributed by atoms with E-state index < -0.39 is 0 Å². The van der Waals surface area contributed by atoms with Crippen LogP contribution in [-0.4, -0.2) is 23.1 Å². The van der Waals surface area contributed by atoms with Crippen molar-refractivity contribution < 1.29 is 0 Å². The topological polar surface area (TPSA) is 55.0 Å². The Kier molecular flexibility index (Phi) is 4.53. The van der Waals surface area contributed by atoms with Gasteiger partial charge in [-0.05, 0) is 26.7 Å². The largest absolute Gasteiger partial charge is 0.341 e. The molecular weight excluding hydrogens is 224 g/mol. The summed E-state index contributed by atoms with van der Waals surface area (Å²) in [6.07, 6.45) is 8.41. The molecule has 0 aliphatic carbocycles. The third-order valence-corrected chi connectivity index (χ3v) is 3.63. The van der Waals surface area contributed by atoms with Crippen molar-refractivity contribution in [2.75, 3.05) is 18.0 Å². The summed E-state index contributed by atoms with van der Waals surface area (Å²) in [6.45, 7) is 6.16. The summed E-state index contributed by atoms with van der Waals surface area (Å²) in [7, 11) is 0. The van der Waals surface area contributed by atoms with Gasteiger partial charge in [-0.15, -0.1) is 0 Å². The molecule has 1 fully saturated rings. The summed E-state index contributed by atoms with van der Waals surface area (Å²) < 4.78 is 0. The van der Waals surface area contributed by atoms with Crippen LogP contribution in [0.5, 0.6) is 0 Å². The van der Waals surface area contributed by atoms with Crippen LogP contribution in [0.3, 0.4) is 0 Å². The highest BCUT2D eigenvalue weighted by atomic mass is 15.2. The molecule has 1 aromatic rings. The van der Waals surface area contributed by atoms with Gasteiger partial charge in [-0.25, -0.2) is 9.97 Å². The average Bonchev–Trinajstić information content (AvgIpc) is 2.27. The van der Waals surface area contributed by atoms with Gasteiger partial charge in [-0.3, -0.25) is 0 Å². The van der Waals surface area contributed by atoms with E-state index in [2.05, 4.69) is 14.9 Å². The predicted octanol–water partition coefficient (Wildman–Crippen LogP) is 2.58. The lowest BCUT2D eigenvalue weighted by Crippen LogP contribution is -2.29. The van der Waals surface area contributed by atoms with Crippen LogP contribution in [-0.2, 0) is 0 Å². The van der Waals surface area contributed by atoms with Gasteiger partial charge in [0, 0.05) is 36.6 Å². The van der Waals surface area contributed by atoms with E-state index >= 15 is 0 Å². The normalized spacial score (nSPS) is 19.2. The first-order valence-corrected chi connectivity index (χ1v) is 7.02. The molecule has 1 aromatic heterocycles. The van der Waals surface area contributed by atoms with E-state index in [0.29, 0.717) is 0 Å². The Hall–Kier alpha value is -1.16. The number of anilines is 1. The molecule has 1 aliphatic heterocycles. The molecule has 4 heteroatoms. The van der Waals surface area contributed by atoms with E-state index in [-0.39, 0.29) is 6.04 Å². The Balaban J connectivity index is 2.14. The molecule has 2 N–H and O–H groups in total. The van der Waals surface area contributed by atoms with Gasteiger partial charge in [0.2, 0.25) is 5.95 Å². The van der Waals surface area contributed by atoms with Gasteiger partial charge in [0.15, 0.2) is 0 Å². The summed E-state index contributed by atoms with van der Waals surface area (Å²) in [4.78, 5) is 11.4. The number of rotatable bonds is 2. The van der Waals surface area contributed by atoms with Gasteiger partial charge in [-0.1, -0.05) is 19.3 Å². The minimum Gasteiger partial charge on any atom is -0.341 e. The van der Waals surface area contributed by atoms with Crippen molar-refractivity contribution >= 4 is 5.95 Å². The van der Waals surface area contributed by atoms with Crippen LogP contribution in [0.4, 0.5) is 5.95 Å². The Labute approximate surface area is 110 Å². The van der Waals surface area contributed by atoms with Crippen molar-refractivity contribution in [3.8, 4) is 0 Å². The summed E-state index contributed by atoms with van der Waals surface area (Å²) in [5, 5.41) is 0. The second kappa shape index (κ2) is 6.14. The number of aromatic nitrogens is 2. The van der Waals surface area contributed by atoms with Crippen LogP contribution in [0.2, 0.25) is 0 Å². The monoisotopic (exact) mass is 248 g/mol. The van der Waals surface area contributed by atoms with Crippen molar-refractivity contribution in [3.05, 3.63) is 17.5 Å². The number of aryl methyl sites for hydroxylation is 1. The van der Waals surface area contributed by atoms with Gasteiger partial charge in [-0.2, -0.15) is 0 Å². The molecule has 2 heterocycles. The van der Waals surface area contributed by atoms with Gasteiger partial charge < -0.3 is 10.6 Å². The molecule has 0 amide bonds. The van der Waals surface area contributed by atoms with Crippen molar-refractivity contribution in [1.29, 1.82) is 0 Å². The van der Waals surface area contributed by atoms with Gasteiger partial charge in [0.1, 0.15) is 0 Å². The maximum Gasteiger partial charge on any atom is 0.225 e. The lowest BCUT2D eigenvalue weighted by atomic mass is 10.1. The Morgan fingerprint density at radius 1 is 1.17 bits per heavy atom. The van der Waals surface area contributed by atoms with Crippen molar-refractivity contribution in [2.24, 2.45) is 5.73 Å². The minimum atomic E-state index is 0.00591. The third kappa shape index (κ3) is 3.19. The average molecular weight is 248 g/mol. The zero-order valence-electron chi connectivity index (χ0n) is 11.5. The highest BCUT2D eigenvalue weighted by Crippen LogP contribution is 2.18. The second-order valence-electron chi connectivity index (χ2n) is 5.25. The van der Waals surface area contributed by atoms with E-state index in [1.54, 1.807) is 0 Å². The van der Waals surface area contributed by atoms with Crippen molar-refractivity contribution in [1.82, 2.24) is 9.97 Å². The van der Waals surface area contributed by atoms with E-state index in [4.69, 9.17) is 5.73 Å². The van der Waals surface area contributed by atoms with Gasteiger partial charge >= 0.3 is 0 Å². The molecule has 1 saturated heterocycles. The van der Waals surface area contributed by atoms with E-state index in [0.717, 1.165) is 30.3 Å². The van der Waals surface area contributed by atoms with E-state index in [1.165, 1.54) is 32.1 Å². The lowest BCUT2D eigenvalue weighted by molar-refractivity contribution is 0.549. The number of hydrogen-bond acceptors (Lipinski definition) is 4. The summed E-state index contributed by atoms with van der Waals surface area (Å²) >= 11 is 0. The van der Waals surface area contributed by atoms with Crippen LogP contribution >= 0.6 is 0 Å². The van der Waals surface area contributed by atoms with E-state index in [9.17, 15) is 0 Å². The molecule has 0 aromatic carbocycles. The summed E-state index contributed by atoms with van der Waals surface area (Å²) in [5.41, 5.74) is 7.95. The SMILES string of the molecule is Cc1nc(N2CCCCCCC2)ncc1C(C)N. The fraction of sp³-hybridized carbons (Fsp3) is 0.714. The van der Waals surface area contributed by atoms with Crippen LogP contribution in [0, 0.1) is 6.92 Å². The Bertz CT molecular complexity index is 381. The summed E-state index contributed by atoms with van der Waals surface area (Å²) in [5.74, 6) is 0.874. The van der Waals surface area contributed by atoms with E-state index in [1.807, 2.05) is 20.0 Å². The first-order chi connectivity index (χ1) is 8.68. The van der Waals surface area contributed by atoms with Crippen LogP contribution in [0.25, 0.3) is 0 Å². The fourth-order valence-electron chi connectivity index (χ4n) is 2.51. The van der Waals surface area contributed by atoms with Gasteiger partial charge in [0.05, 0.1) is 0 Å². The molecule has 0 saturated carbocycles. The number of hydrogen-bond donors (Lipinski definition) is 1. The molecule has 0 radical (unpaired) electrons. The molecule has 1 aliphatic rings. The maximum atomic E-state index is 5.90. The fourth-order valence-corrected chi connectivity index (χ4v) is 2.51. The molecule has 4 nitrogen and oxygen atoms in total. The van der Waals surface area contributed by atoms with Crippen LogP contribution in [0.15, 0.2) is 6.20 Å². The van der Waals surface area contributed by atoms with Crippen molar-refractivity contribution in [3.63, 3.8) is 0 Å². The molecule has 18 heavy (non-hydrogen) atoms. The minimum absolute atomic E-state index is 0.00591. The van der Waals surface area contributed by atoms with Gasteiger partial charge in [0.25, 0.3) is 0 Å². The molecule has 1 atom stereocenters. The third-order valence-electron chi connectivity index (χ3n) is 3.63. The molecule has 100 valence electrons. The Morgan fingerprint density at radius 3 is 2.33 bits per heavy atom. The number of nitrogens with zero attached hydrogens (tertiary/aromatic N) is 3. The first-order valence-electron chi connectivity index (χ1n) is 7.02. The molecule has 1 unspecified atom stereocenters.